The molecule has 2 aromatic heterocycles. The monoisotopic (exact) mass is 270 g/mol. The lowest BCUT2D eigenvalue weighted by Gasteiger charge is -2.04. The number of rotatable bonds is 3. The Bertz CT molecular complexity index is 801. The smallest absolute Gasteiger partial charge is 0.337 e. The van der Waals surface area contributed by atoms with Crippen LogP contribution in [-0.2, 0) is 13.6 Å². The Balaban J connectivity index is 2.07. The largest absolute Gasteiger partial charge is 0.478 e. The average molecular weight is 270 g/mol. The van der Waals surface area contributed by atoms with Crippen molar-refractivity contribution < 1.29 is 9.90 Å². The molecule has 6 nitrogen and oxygen atoms in total. The Morgan fingerprint density at radius 1 is 1.40 bits per heavy atom. The molecular formula is C14H14N4O2. The molecule has 0 amide bonds. The number of aromatic carboxylic acids is 1. The van der Waals surface area contributed by atoms with E-state index < -0.39 is 5.97 Å². The summed E-state index contributed by atoms with van der Waals surface area (Å²) in [6, 6.07) is 5.18. The molecule has 1 aromatic carbocycles. The third-order valence-electron chi connectivity index (χ3n) is 3.56. The van der Waals surface area contributed by atoms with Gasteiger partial charge in [-0.25, -0.2) is 9.78 Å². The zero-order chi connectivity index (χ0) is 14.3. The van der Waals surface area contributed by atoms with Crippen molar-refractivity contribution in [3.63, 3.8) is 0 Å². The molecular weight excluding hydrogens is 256 g/mol. The molecule has 0 radical (unpaired) electrons. The van der Waals surface area contributed by atoms with Crippen molar-refractivity contribution in [2.24, 2.45) is 7.05 Å². The first-order chi connectivity index (χ1) is 9.58. The first kappa shape index (κ1) is 12.4. The second-order valence-corrected chi connectivity index (χ2v) is 4.73. The third kappa shape index (κ3) is 1.85. The number of carbonyl (C=O) groups is 1. The maximum Gasteiger partial charge on any atom is 0.337 e. The zero-order valence-corrected chi connectivity index (χ0v) is 11.2. The van der Waals surface area contributed by atoms with Gasteiger partial charge in [0.15, 0.2) is 0 Å². The molecule has 0 saturated carbocycles. The topological polar surface area (TPSA) is 72.9 Å². The summed E-state index contributed by atoms with van der Waals surface area (Å²) in [7, 11) is 1.90. The molecule has 0 bridgehead atoms. The van der Waals surface area contributed by atoms with E-state index in [1.807, 2.05) is 35.5 Å². The first-order valence-electron chi connectivity index (χ1n) is 6.22. The van der Waals surface area contributed by atoms with Gasteiger partial charge in [-0.3, -0.25) is 4.68 Å². The predicted octanol–water partition coefficient (Wildman–Crippen LogP) is 1.82. The highest BCUT2D eigenvalue weighted by atomic mass is 16.4. The second kappa shape index (κ2) is 4.48. The fourth-order valence-corrected chi connectivity index (χ4v) is 2.27. The molecule has 0 fully saturated rings. The van der Waals surface area contributed by atoms with Gasteiger partial charge in [-0.2, -0.15) is 5.10 Å². The summed E-state index contributed by atoms with van der Waals surface area (Å²) in [6.07, 6.45) is 3.49. The summed E-state index contributed by atoms with van der Waals surface area (Å²) < 4.78 is 3.75. The van der Waals surface area contributed by atoms with E-state index in [0.29, 0.717) is 12.1 Å². The number of hydrogen-bond acceptors (Lipinski definition) is 3. The number of aromatic nitrogens is 4. The van der Waals surface area contributed by atoms with E-state index in [4.69, 9.17) is 5.11 Å². The van der Waals surface area contributed by atoms with Crippen molar-refractivity contribution in [1.29, 1.82) is 0 Å². The molecule has 2 heterocycles. The van der Waals surface area contributed by atoms with Crippen LogP contribution in [0.3, 0.4) is 0 Å². The van der Waals surface area contributed by atoms with E-state index in [2.05, 4.69) is 10.1 Å². The molecule has 0 aliphatic carbocycles. The fourth-order valence-electron chi connectivity index (χ4n) is 2.27. The van der Waals surface area contributed by atoms with Gasteiger partial charge in [-0.15, -0.1) is 0 Å². The zero-order valence-electron chi connectivity index (χ0n) is 11.2. The lowest BCUT2D eigenvalue weighted by atomic mass is 10.2. The van der Waals surface area contributed by atoms with E-state index in [9.17, 15) is 4.79 Å². The van der Waals surface area contributed by atoms with Crippen molar-refractivity contribution in [2.75, 3.05) is 0 Å². The summed E-state index contributed by atoms with van der Waals surface area (Å²) in [5.41, 5.74) is 3.73. The second-order valence-electron chi connectivity index (χ2n) is 4.73. The Hall–Kier alpha value is -2.63. The molecule has 0 atom stereocenters. The summed E-state index contributed by atoms with van der Waals surface area (Å²) in [5, 5.41) is 13.4. The Kier molecular flexibility index (Phi) is 2.78. The number of nitrogens with zero attached hydrogens (tertiary/aromatic N) is 4. The lowest BCUT2D eigenvalue weighted by molar-refractivity contribution is 0.0699. The Morgan fingerprint density at radius 3 is 2.85 bits per heavy atom. The van der Waals surface area contributed by atoms with Crippen molar-refractivity contribution >= 4 is 17.0 Å². The van der Waals surface area contributed by atoms with Crippen LogP contribution >= 0.6 is 0 Å². The van der Waals surface area contributed by atoms with Crippen LogP contribution < -0.4 is 0 Å². The maximum absolute atomic E-state index is 11.2. The van der Waals surface area contributed by atoms with Crippen LogP contribution in [0.5, 0.6) is 0 Å². The molecule has 0 saturated heterocycles. The van der Waals surface area contributed by atoms with Gasteiger partial charge in [-0.05, 0) is 19.1 Å². The van der Waals surface area contributed by atoms with Crippen molar-refractivity contribution in [3.05, 3.63) is 47.5 Å². The lowest BCUT2D eigenvalue weighted by Crippen LogP contribution is -2.01. The van der Waals surface area contributed by atoms with E-state index in [1.54, 1.807) is 18.5 Å². The normalized spacial score (nSPS) is 11.1. The highest BCUT2D eigenvalue weighted by Crippen LogP contribution is 2.19. The maximum atomic E-state index is 11.2. The molecule has 0 aliphatic heterocycles. The van der Waals surface area contributed by atoms with Crippen LogP contribution in [0, 0.1) is 6.92 Å². The van der Waals surface area contributed by atoms with Gasteiger partial charge >= 0.3 is 5.97 Å². The molecule has 0 unspecified atom stereocenters. The summed E-state index contributed by atoms with van der Waals surface area (Å²) >= 11 is 0. The van der Waals surface area contributed by atoms with Gasteiger partial charge in [0.25, 0.3) is 0 Å². The van der Waals surface area contributed by atoms with Crippen LogP contribution in [0.2, 0.25) is 0 Å². The SMILES string of the molecule is Cc1c(Cn2cnc3c(C(=O)O)cccc32)cnn1C. The number of para-hydroxylation sites is 1. The van der Waals surface area contributed by atoms with Crippen LogP contribution in [0.1, 0.15) is 21.6 Å². The molecule has 3 aromatic rings. The molecule has 6 heteroatoms. The highest BCUT2D eigenvalue weighted by molar-refractivity contribution is 6.00. The first-order valence-corrected chi connectivity index (χ1v) is 6.22. The molecule has 20 heavy (non-hydrogen) atoms. The van der Waals surface area contributed by atoms with Gasteiger partial charge in [0.05, 0.1) is 30.1 Å². The number of imidazole rings is 1. The number of carboxylic acid groups (broad SMARTS) is 1. The van der Waals surface area contributed by atoms with Crippen molar-refractivity contribution in [3.8, 4) is 0 Å². The van der Waals surface area contributed by atoms with E-state index in [0.717, 1.165) is 16.8 Å². The molecule has 102 valence electrons. The van der Waals surface area contributed by atoms with E-state index >= 15 is 0 Å². The Morgan fingerprint density at radius 2 is 2.20 bits per heavy atom. The van der Waals surface area contributed by atoms with E-state index in [-0.39, 0.29) is 5.56 Å². The van der Waals surface area contributed by atoms with Gasteiger partial charge < -0.3 is 9.67 Å². The van der Waals surface area contributed by atoms with Gasteiger partial charge in [0.1, 0.15) is 5.52 Å². The molecule has 0 spiro atoms. The minimum absolute atomic E-state index is 0.226. The van der Waals surface area contributed by atoms with Gasteiger partial charge in [0.2, 0.25) is 0 Å². The number of hydrogen-bond donors (Lipinski definition) is 1. The van der Waals surface area contributed by atoms with Crippen LogP contribution in [0.4, 0.5) is 0 Å². The van der Waals surface area contributed by atoms with E-state index in [1.165, 1.54) is 0 Å². The van der Waals surface area contributed by atoms with Gasteiger partial charge in [-0.1, -0.05) is 6.07 Å². The van der Waals surface area contributed by atoms with Crippen molar-refractivity contribution in [2.45, 2.75) is 13.5 Å². The van der Waals surface area contributed by atoms with Crippen LogP contribution in [0.15, 0.2) is 30.7 Å². The molecule has 3 rings (SSSR count). The standard InChI is InChI=1S/C14H14N4O2/c1-9-10(6-16-17(9)2)7-18-8-15-13-11(14(19)20)4-3-5-12(13)18/h3-6,8H,7H2,1-2H3,(H,19,20). The molecule has 0 aliphatic rings. The quantitative estimate of drug-likeness (QED) is 0.788. The molecule has 1 N–H and O–H groups in total. The number of benzene rings is 1. The summed E-state index contributed by atoms with van der Waals surface area (Å²) in [5.74, 6) is -0.960. The number of fused-ring (bicyclic) bond motifs is 1. The predicted molar refractivity (Wildman–Crippen MR) is 73.7 cm³/mol. The van der Waals surface area contributed by atoms with Crippen LogP contribution in [0.25, 0.3) is 11.0 Å². The van der Waals surface area contributed by atoms with Gasteiger partial charge in [0, 0.05) is 18.3 Å². The number of carboxylic acids is 1. The fraction of sp³-hybridized carbons (Fsp3) is 0.214. The summed E-state index contributed by atoms with van der Waals surface area (Å²) in [4.78, 5) is 15.4. The summed E-state index contributed by atoms with van der Waals surface area (Å²) in [6.45, 7) is 2.63. The highest BCUT2D eigenvalue weighted by Gasteiger charge is 2.13. The minimum atomic E-state index is -0.960. The number of aryl methyl sites for hydroxylation is 1. The van der Waals surface area contributed by atoms with Crippen molar-refractivity contribution in [1.82, 2.24) is 19.3 Å². The van der Waals surface area contributed by atoms with Crippen LogP contribution in [-0.4, -0.2) is 30.4 Å². The Labute approximate surface area is 115 Å². The minimum Gasteiger partial charge on any atom is -0.478 e. The third-order valence-corrected chi connectivity index (χ3v) is 3.56. The average Bonchev–Trinajstić information content (AvgIpc) is 2.97.